The van der Waals surface area contributed by atoms with Gasteiger partial charge < -0.3 is 10.6 Å². The van der Waals surface area contributed by atoms with Crippen molar-refractivity contribution < 1.29 is 9.59 Å². The number of hydrogen-bond donors (Lipinski definition) is 2. The monoisotopic (exact) mass is 326 g/mol. The Hall–Kier alpha value is -2.63. The number of anilines is 1. The molecule has 1 aliphatic rings. The summed E-state index contributed by atoms with van der Waals surface area (Å²) in [6.07, 6.45) is 6.19. The molecule has 1 atom stereocenters. The Labute approximate surface area is 141 Å². The van der Waals surface area contributed by atoms with E-state index in [-0.39, 0.29) is 6.04 Å². The standard InChI is InChI=1S/C18H22N4O2/c1-22-12-11-15(21-22)19-17(23)18(24)20-16(14-9-5-6-10-14)13-7-3-2-4-8-13/h2-4,7-8,11-12,14,16H,5-6,9-10H2,1H3,(H,20,24)(H,19,21,23). The van der Waals surface area contributed by atoms with Gasteiger partial charge in [0, 0.05) is 19.3 Å². The summed E-state index contributed by atoms with van der Waals surface area (Å²) in [6, 6.07) is 11.4. The molecule has 1 unspecified atom stereocenters. The van der Waals surface area contributed by atoms with E-state index in [9.17, 15) is 9.59 Å². The van der Waals surface area contributed by atoms with Gasteiger partial charge in [-0.3, -0.25) is 14.3 Å². The lowest BCUT2D eigenvalue weighted by molar-refractivity contribution is -0.136. The highest BCUT2D eigenvalue weighted by Crippen LogP contribution is 2.35. The van der Waals surface area contributed by atoms with Crippen molar-refractivity contribution >= 4 is 17.6 Å². The van der Waals surface area contributed by atoms with E-state index in [4.69, 9.17) is 0 Å². The molecule has 1 saturated carbocycles. The molecule has 24 heavy (non-hydrogen) atoms. The molecule has 1 heterocycles. The fraction of sp³-hybridized carbons (Fsp3) is 0.389. The Morgan fingerprint density at radius 1 is 1.12 bits per heavy atom. The SMILES string of the molecule is Cn1ccc(NC(=O)C(=O)NC(c2ccccc2)C2CCCC2)n1. The maximum absolute atomic E-state index is 12.3. The summed E-state index contributed by atoms with van der Waals surface area (Å²) >= 11 is 0. The molecule has 1 fully saturated rings. The van der Waals surface area contributed by atoms with Crippen LogP contribution >= 0.6 is 0 Å². The first-order chi connectivity index (χ1) is 11.6. The van der Waals surface area contributed by atoms with Gasteiger partial charge in [-0.05, 0) is 24.3 Å². The van der Waals surface area contributed by atoms with Crippen LogP contribution in [0, 0.1) is 5.92 Å². The third-order valence-electron chi connectivity index (χ3n) is 4.48. The van der Waals surface area contributed by atoms with Crippen LogP contribution in [0.3, 0.4) is 0 Å². The van der Waals surface area contributed by atoms with E-state index in [2.05, 4.69) is 15.7 Å². The second-order valence-corrected chi connectivity index (χ2v) is 6.24. The first kappa shape index (κ1) is 16.2. The van der Waals surface area contributed by atoms with Crippen LogP contribution in [0.2, 0.25) is 0 Å². The smallest absolute Gasteiger partial charge is 0.314 e. The molecule has 0 aliphatic heterocycles. The number of nitrogens with zero attached hydrogens (tertiary/aromatic N) is 2. The van der Waals surface area contributed by atoms with Crippen molar-refractivity contribution in [1.82, 2.24) is 15.1 Å². The summed E-state index contributed by atoms with van der Waals surface area (Å²) in [4.78, 5) is 24.5. The molecule has 3 rings (SSSR count). The van der Waals surface area contributed by atoms with E-state index in [1.54, 1.807) is 24.0 Å². The number of aryl methyl sites for hydroxylation is 1. The normalized spacial score (nSPS) is 15.9. The molecule has 0 radical (unpaired) electrons. The Morgan fingerprint density at radius 3 is 2.46 bits per heavy atom. The van der Waals surface area contributed by atoms with Gasteiger partial charge in [0.15, 0.2) is 5.82 Å². The molecule has 1 aromatic heterocycles. The van der Waals surface area contributed by atoms with Gasteiger partial charge in [-0.25, -0.2) is 0 Å². The van der Waals surface area contributed by atoms with E-state index in [1.165, 1.54) is 12.8 Å². The Kier molecular flexibility index (Phi) is 4.93. The molecule has 2 N–H and O–H groups in total. The van der Waals surface area contributed by atoms with Gasteiger partial charge in [-0.2, -0.15) is 5.10 Å². The van der Waals surface area contributed by atoms with Crippen molar-refractivity contribution in [2.75, 3.05) is 5.32 Å². The zero-order valence-electron chi connectivity index (χ0n) is 13.7. The zero-order valence-corrected chi connectivity index (χ0v) is 13.7. The largest absolute Gasteiger partial charge is 0.341 e. The molecule has 126 valence electrons. The topological polar surface area (TPSA) is 76.0 Å². The number of aromatic nitrogens is 2. The Balaban J connectivity index is 1.69. The van der Waals surface area contributed by atoms with Crippen LogP contribution in [-0.4, -0.2) is 21.6 Å². The number of hydrogen-bond acceptors (Lipinski definition) is 3. The van der Waals surface area contributed by atoms with E-state index in [0.717, 1.165) is 18.4 Å². The first-order valence-electron chi connectivity index (χ1n) is 8.30. The molecular formula is C18H22N4O2. The summed E-state index contributed by atoms with van der Waals surface area (Å²) in [5.74, 6) is -0.567. The highest BCUT2D eigenvalue weighted by molar-refractivity contribution is 6.39. The van der Waals surface area contributed by atoms with Crippen LogP contribution in [0.15, 0.2) is 42.6 Å². The molecule has 1 aliphatic carbocycles. The van der Waals surface area contributed by atoms with Crippen molar-refractivity contribution in [3.05, 3.63) is 48.2 Å². The summed E-state index contributed by atoms with van der Waals surface area (Å²) < 4.78 is 1.57. The van der Waals surface area contributed by atoms with E-state index < -0.39 is 11.8 Å². The minimum absolute atomic E-state index is 0.129. The lowest BCUT2D eigenvalue weighted by Crippen LogP contribution is -2.40. The fourth-order valence-corrected chi connectivity index (χ4v) is 3.29. The van der Waals surface area contributed by atoms with Gasteiger partial charge in [-0.15, -0.1) is 0 Å². The molecule has 6 nitrogen and oxygen atoms in total. The number of rotatable bonds is 4. The van der Waals surface area contributed by atoms with Crippen LogP contribution < -0.4 is 10.6 Å². The third kappa shape index (κ3) is 3.82. The van der Waals surface area contributed by atoms with Gasteiger partial charge in [0.1, 0.15) is 0 Å². The molecule has 0 spiro atoms. The van der Waals surface area contributed by atoms with Crippen molar-refractivity contribution in [2.24, 2.45) is 13.0 Å². The van der Waals surface area contributed by atoms with Gasteiger partial charge in [-0.1, -0.05) is 43.2 Å². The maximum Gasteiger partial charge on any atom is 0.314 e. The number of nitrogens with one attached hydrogen (secondary N) is 2. The second-order valence-electron chi connectivity index (χ2n) is 6.24. The Bertz CT molecular complexity index is 705. The van der Waals surface area contributed by atoms with E-state index in [1.807, 2.05) is 30.3 Å². The third-order valence-corrected chi connectivity index (χ3v) is 4.48. The summed E-state index contributed by atoms with van der Waals surface area (Å²) in [5.41, 5.74) is 1.04. The summed E-state index contributed by atoms with van der Waals surface area (Å²) in [5, 5.41) is 9.50. The van der Waals surface area contributed by atoms with Crippen molar-refractivity contribution in [3.8, 4) is 0 Å². The average molecular weight is 326 g/mol. The minimum Gasteiger partial charge on any atom is -0.341 e. The molecular weight excluding hydrogens is 304 g/mol. The molecule has 2 aromatic rings. The highest BCUT2D eigenvalue weighted by Gasteiger charge is 2.29. The maximum atomic E-state index is 12.3. The quantitative estimate of drug-likeness (QED) is 0.847. The van der Waals surface area contributed by atoms with Crippen molar-refractivity contribution in [3.63, 3.8) is 0 Å². The lowest BCUT2D eigenvalue weighted by atomic mass is 9.91. The number of carbonyl (C=O) groups is 2. The average Bonchev–Trinajstić information content (AvgIpc) is 3.25. The zero-order chi connectivity index (χ0) is 16.9. The van der Waals surface area contributed by atoms with Crippen LogP contribution in [0.5, 0.6) is 0 Å². The molecule has 1 aromatic carbocycles. The second kappa shape index (κ2) is 7.29. The number of carbonyl (C=O) groups excluding carboxylic acids is 2. The van der Waals surface area contributed by atoms with Crippen LogP contribution in [-0.2, 0) is 16.6 Å². The van der Waals surface area contributed by atoms with Gasteiger partial charge in [0.05, 0.1) is 6.04 Å². The summed E-state index contributed by atoms with van der Waals surface area (Å²) in [7, 11) is 1.75. The Morgan fingerprint density at radius 2 is 1.83 bits per heavy atom. The van der Waals surface area contributed by atoms with Gasteiger partial charge in [0.25, 0.3) is 0 Å². The lowest BCUT2D eigenvalue weighted by Gasteiger charge is -2.25. The molecule has 2 amide bonds. The number of amides is 2. The molecule has 0 saturated heterocycles. The van der Waals surface area contributed by atoms with Crippen molar-refractivity contribution in [1.29, 1.82) is 0 Å². The van der Waals surface area contributed by atoms with E-state index >= 15 is 0 Å². The number of benzene rings is 1. The van der Waals surface area contributed by atoms with Crippen LogP contribution in [0.25, 0.3) is 0 Å². The van der Waals surface area contributed by atoms with Crippen LogP contribution in [0.1, 0.15) is 37.3 Å². The van der Waals surface area contributed by atoms with Crippen molar-refractivity contribution in [2.45, 2.75) is 31.7 Å². The van der Waals surface area contributed by atoms with Crippen LogP contribution in [0.4, 0.5) is 5.82 Å². The summed E-state index contributed by atoms with van der Waals surface area (Å²) in [6.45, 7) is 0. The molecule has 0 bridgehead atoms. The molecule has 6 heteroatoms. The predicted octanol–water partition coefficient (Wildman–Crippen LogP) is 2.41. The predicted molar refractivity (Wildman–Crippen MR) is 91.1 cm³/mol. The van der Waals surface area contributed by atoms with Gasteiger partial charge >= 0.3 is 11.8 Å². The fourth-order valence-electron chi connectivity index (χ4n) is 3.29. The highest BCUT2D eigenvalue weighted by atomic mass is 16.2. The van der Waals surface area contributed by atoms with E-state index in [0.29, 0.717) is 11.7 Å². The first-order valence-corrected chi connectivity index (χ1v) is 8.30. The van der Waals surface area contributed by atoms with Gasteiger partial charge in [0.2, 0.25) is 0 Å². The minimum atomic E-state index is -0.687.